The summed E-state index contributed by atoms with van der Waals surface area (Å²) in [6.07, 6.45) is 3.19. The first-order chi connectivity index (χ1) is 16.3. The Balaban J connectivity index is 1.37. The highest BCUT2D eigenvalue weighted by atomic mass is 19.1. The maximum absolute atomic E-state index is 13.1. The van der Waals surface area contributed by atoms with Gasteiger partial charge in [0.2, 0.25) is 11.8 Å². The summed E-state index contributed by atoms with van der Waals surface area (Å²) in [5, 5.41) is 6.86. The molecule has 1 heterocycles. The number of rotatable bonds is 11. The summed E-state index contributed by atoms with van der Waals surface area (Å²) in [6.45, 7) is 4.76. The molecule has 34 heavy (non-hydrogen) atoms. The molecule has 3 aromatic rings. The Hall–Kier alpha value is -3.88. The van der Waals surface area contributed by atoms with Gasteiger partial charge in [-0.15, -0.1) is 0 Å². The van der Waals surface area contributed by atoms with Crippen molar-refractivity contribution in [2.24, 2.45) is 0 Å². The highest BCUT2D eigenvalue weighted by molar-refractivity contribution is 5.90. The molecule has 2 aromatic carbocycles. The summed E-state index contributed by atoms with van der Waals surface area (Å²) >= 11 is 0. The van der Waals surface area contributed by atoms with Crippen LogP contribution in [0.2, 0.25) is 0 Å². The van der Waals surface area contributed by atoms with E-state index in [9.17, 15) is 14.0 Å². The highest BCUT2D eigenvalue weighted by Gasteiger charge is 2.12. The average molecular weight is 469 g/mol. The Morgan fingerprint density at radius 3 is 2.59 bits per heavy atom. The van der Waals surface area contributed by atoms with Crippen molar-refractivity contribution in [3.63, 3.8) is 0 Å². The van der Waals surface area contributed by atoms with Crippen LogP contribution < -0.4 is 14.8 Å². The number of benzene rings is 2. The van der Waals surface area contributed by atoms with Crippen LogP contribution >= 0.6 is 0 Å². The van der Waals surface area contributed by atoms with Crippen molar-refractivity contribution in [3.05, 3.63) is 71.8 Å². The standard InChI is InChI=1S/C25H29FN4O4/c1-18-4-7-22(8-5-18)33-13-11-29(3)25(32)17-30-16-21(15-27-30)28-24(31)10-12-34-23-9-6-20(26)14-19(23)2/h4-9,14-16H,10-13,17H2,1-3H3,(H,28,31). The fraction of sp³-hybridized carbons (Fsp3) is 0.320. The summed E-state index contributed by atoms with van der Waals surface area (Å²) in [5.41, 5.74) is 2.31. The van der Waals surface area contributed by atoms with Crippen molar-refractivity contribution in [1.29, 1.82) is 0 Å². The number of anilines is 1. The van der Waals surface area contributed by atoms with Crippen LogP contribution in [0.4, 0.5) is 10.1 Å². The van der Waals surface area contributed by atoms with Crippen molar-refractivity contribution in [2.75, 3.05) is 32.1 Å². The Bertz CT molecular complexity index is 1110. The number of aryl methyl sites for hydroxylation is 2. The number of aromatic nitrogens is 2. The quantitative estimate of drug-likeness (QED) is 0.465. The predicted molar refractivity (Wildman–Crippen MR) is 126 cm³/mol. The molecule has 0 aliphatic carbocycles. The lowest BCUT2D eigenvalue weighted by molar-refractivity contribution is -0.131. The lowest BCUT2D eigenvalue weighted by Crippen LogP contribution is -2.33. The second-order valence-electron chi connectivity index (χ2n) is 7.96. The van der Waals surface area contributed by atoms with Crippen molar-refractivity contribution in [1.82, 2.24) is 14.7 Å². The second kappa shape index (κ2) is 11.8. The number of halogens is 1. The van der Waals surface area contributed by atoms with Gasteiger partial charge in [0.05, 0.1) is 31.5 Å². The van der Waals surface area contributed by atoms with Crippen LogP contribution in [0.15, 0.2) is 54.9 Å². The van der Waals surface area contributed by atoms with Gasteiger partial charge in [0.25, 0.3) is 0 Å². The molecule has 0 saturated carbocycles. The van der Waals surface area contributed by atoms with Gasteiger partial charge >= 0.3 is 0 Å². The molecule has 1 N–H and O–H groups in total. The molecule has 1 aromatic heterocycles. The van der Waals surface area contributed by atoms with Crippen LogP contribution in [0.3, 0.4) is 0 Å². The molecule has 0 unspecified atom stereocenters. The van der Waals surface area contributed by atoms with Gasteiger partial charge < -0.3 is 19.7 Å². The van der Waals surface area contributed by atoms with Gasteiger partial charge in [-0.05, 0) is 49.7 Å². The molecule has 8 nitrogen and oxygen atoms in total. The monoisotopic (exact) mass is 468 g/mol. The molecular weight excluding hydrogens is 439 g/mol. The second-order valence-corrected chi connectivity index (χ2v) is 7.96. The van der Waals surface area contributed by atoms with E-state index >= 15 is 0 Å². The number of carbonyl (C=O) groups excluding carboxylic acids is 2. The van der Waals surface area contributed by atoms with Gasteiger partial charge in [0.1, 0.15) is 30.5 Å². The van der Waals surface area contributed by atoms with E-state index in [-0.39, 0.29) is 37.2 Å². The molecule has 0 radical (unpaired) electrons. The van der Waals surface area contributed by atoms with Gasteiger partial charge in [0, 0.05) is 13.2 Å². The zero-order valence-electron chi connectivity index (χ0n) is 19.6. The molecule has 0 aliphatic rings. The maximum atomic E-state index is 13.1. The zero-order valence-corrected chi connectivity index (χ0v) is 19.6. The Kier molecular flexibility index (Phi) is 8.61. The van der Waals surface area contributed by atoms with Crippen LogP contribution in [-0.4, -0.2) is 53.3 Å². The predicted octanol–water partition coefficient (Wildman–Crippen LogP) is 3.58. The summed E-state index contributed by atoms with van der Waals surface area (Å²) in [6, 6.07) is 12.0. The van der Waals surface area contributed by atoms with Crippen molar-refractivity contribution in [3.8, 4) is 11.5 Å². The number of hydrogen-bond acceptors (Lipinski definition) is 5. The minimum Gasteiger partial charge on any atom is -0.493 e. The van der Waals surface area contributed by atoms with Crippen LogP contribution in [0, 0.1) is 19.7 Å². The molecule has 0 saturated heterocycles. The maximum Gasteiger partial charge on any atom is 0.244 e. The number of likely N-dealkylation sites (N-methyl/N-ethyl adjacent to an activating group) is 1. The average Bonchev–Trinajstić information content (AvgIpc) is 3.23. The first kappa shape index (κ1) is 24.8. The molecule has 0 aliphatic heterocycles. The van der Waals surface area contributed by atoms with E-state index in [1.807, 2.05) is 31.2 Å². The molecule has 3 rings (SSSR count). The zero-order chi connectivity index (χ0) is 24.5. The fourth-order valence-corrected chi connectivity index (χ4v) is 3.09. The van der Waals surface area contributed by atoms with Crippen molar-refractivity contribution >= 4 is 17.5 Å². The molecule has 9 heteroatoms. The van der Waals surface area contributed by atoms with E-state index < -0.39 is 0 Å². The van der Waals surface area contributed by atoms with Gasteiger partial charge in [0.15, 0.2) is 0 Å². The number of nitrogens with zero attached hydrogens (tertiary/aromatic N) is 3. The van der Waals surface area contributed by atoms with Crippen molar-refractivity contribution < 1.29 is 23.5 Å². The first-order valence-electron chi connectivity index (χ1n) is 10.9. The summed E-state index contributed by atoms with van der Waals surface area (Å²) in [5.74, 6) is 0.582. The lowest BCUT2D eigenvalue weighted by Gasteiger charge is -2.17. The van der Waals surface area contributed by atoms with Gasteiger partial charge in [-0.1, -0.05) is 17.7 Å². The van der Waals surface area contributed by atoms with E-state index in [0.29, 0.717) is 30.2 Å². The van der Waals surface area contributed by atoms with Crippen molar-refractivity contribution in [2.45, 2.75) is 26.8 Å². The van der Waals surface area contributed by atoms with Gasteiger partial charge in [-0.3, -0.25) is 14.3 Å². The lowest BCUT2D eigenvalue weighted by atomic mass is 10.2. The minimum atomic E-state index is -0.333. The molecule has 180 valence electrons. The van der Waals surface area contributed by atoms with Crippen LogP contribution in [-0.2, 0) is 16.1 Å². The first-order valence-corrected chi connectivity index (χ1v) is 10.9. The molecule has 0 fully saturated rings. The Morgan fingerprint density at radius 2 is 1.85 bits per heavy atom. The third-order valence-electron chi connectivity index (χ3n) is 5.08. The number of amides is 2. The van der Waals surface area contributed by atoms with E-state index in [2.05, 4.69) is 10.4 Å². The summed E-state index contributed by atoms with van der Waals surface area (Å²) in [4.78, 5) is 26.2. The molecule has 0 atom stereocenters. The van der Waals surface area contributed by atoms with Crippen LogP contribution in [0.5, 0.6) is 11.5 Å². The van der Waals surface area contributed by atoms with Gasteiger partial charge in [-0.2, -0.15) is 5.10 Å². The molecule has 0 spiro atoms. The van der Waals surface area contributed by atoms with E-state index in [4.69, 9.17) is 9.47 Å². The molecule has 2 amide bonds. The van der Waals surface area contributed by atoms with E-state index in [0.717, 1.165) is 11.3 Å². The number of nitrogens with one attached hydrogen (secondary N) is 1. The van der Waals surface area contributed by atoms with Crippen LogP contribution in [0.1, 0.15) is 17.5 Å². The normalized spacial score (nSPS) is 10.6. The third kappa shape index (κ3) is 7.61. The molecule has 0 bridgehead atoms. The summed E-state index contributed by atoms with van der Waals surface area (Å²) < 4.78 is 25.8. The minimum absolute atomic E-state index is 0.0455. The summed E-state index contributed by atoms with van der Waals surface area (Å²) in [7, 11) is 1.70. The number of hydrogen-bond donors (Lipinski definition) is 1. The van der Waals surface area contributed by atoms with E-state index in [1.165, 1.54) is 29.1 Å². The number of ether oxygens (including phenoxy) is 2. The Labute approximate surface area is 198 Å². The van der Waals surface area contributed by atoms with Crippen LogP contribution in [0.25, 0.3) is 0 Å². The molecular formula is C25H29FN4O4. The Morgan fingerprint density at radius 1 is 1.09 bits per heavy atom. The topological polar surface area (TPSA) is 85.7 Å². The van der Waals surface area contributed by atoms with Gasteiger partial charge in [-0.25, -0.2) is 4.39 Å². The smallest absolute Gasteiger partial charge is 0.244 e. The third-order valence-corrected chi connectivity index (χ3v) is 5.08. The highest BCUT2D eigenvalue weighted by Crippen LogP contribution is 2.18. The fourth-order valence-electron chi connectivity index (χ4n) is 3.09. The largest absolute Gasteiger partial charge is 0.493 e. The van der Waals surface area contributed by atoms with E-state index in [1.54, 1.807) is 25.1 Å². The SMILES string of the molecule is Cc1ccc(OCCN(C)C(=O)Cn2cc(NC(=O)CCOc3ccc(F)cc3C)cn2)cc1. The number of carbonyl (C=O) groups is 2.